The highest BCUT2D eigenvalue weighted by Gasteiger charge is 2.15. The first-order valence-electron chi connectivity index (χ1n) is 7.19. The molecule has 122 valence electrons. The van der Waals surface area contributed by atoms with E-state index in [1.54, 1.807) is 6.08 Å². The number of benzene rings is 2. The number of rotatable bonds is 5. The number of esters is 2. The maximum atomic E-state index is 11.9. The van der Waals surface area contributed by atoms with E-state index >= 15 is 0 Å². The fourth-order valence-corrected chi connectivity index (χ4v) is 2.01. The summed E-state index contributed by atoms with van der Waals surface area (Å²) in [5.74, 6) is -1.42. The van der Waals surface area contributed by atoms with Gasteiger partial charge in [0, 0.05) is 6.08 Å². The van der Waals surface area contributed by atoms with E-state index in [0.29, 0.717) is 0 Å². The van der Waals surface area contributed by atoms with Crippen LogP contribution in [0.3, 0.4) is 0 Å². The number of carbonyl (C=O) groups excluding carboxylic acids is 3. The fraction of sp³-hybridized carbons (Fsp3) is 0.105. The van der Waals surface area contributed by atoms with Crippen LogP contribution in [0.15, 0.2) is 54.6 Å². The van der Waals surface area contributed by atoms with Crippen LogP contribution in [0.25, 0.3) is 6.08 Å². The van der Waals surface area contributed by atoms with Gasteiger partial charge in [-0.2, -0.15) is 0 Å². The molecule has 0 saturated carbocycles. The van der Waals surface area contributed by atoms with Crippen LogP contribution in [0.5, 0.6) is 5.75 Å². The van der Waals surface area contributed by atoms with Gasteiger partial charge < -0.3 is 9.47 Å². The first-order chi connectivity index (χ1) is 11.5. The summed E-state index contributed by atoms with van der Waals surface area (Å²) in [5, 5.41) is 0. The standard InChI is InChI=1S/C19H16O5/c1-13(20)16-12-15(19(22)23-2)9-10-17(16)24-18(21)11-8-14-6-4-3-5-7-14/h3-12H,1-2H3. The van der Waals surface area contributed by atoms with Crippen molar-refractivity contribution in [3.05, 3.63) is 71.3 Å². The predicted molar refractivity (Wildman–Crippen MR) is 88.9 cm³/mol. The van der Waals surface area contributed by atoms with E-state index in [1.807, 2.05) is 30.3 Å². The third-order valence-corrected chi connectivity index (χ3v) is 3.20. The Labute approximate surface area is 139 Å². The minimum absolute atomic E-state index is 0.0952. The Balaban J connectivity index is 2.19. The van der Waals surface area contributed by atoms with Crippen LogP contribution in [0.1, 0.15) is 33.2 Å². The zero-order valence-electron chi connectivity index (χ0n) is 13.3. The Bertz CT molecular complexity index is 791. The molecular weight excluding hydrogens is 308 g/mol. The van der Waals surface area contributed by atoms with Crippen LogP contribution in [-0.2, 0) is 9.53 Å². The summed E-state index contributed by atoms with van der Waals surface area (Å²) >= 11 is 0. The van der Waals surface area contributed by atoms with Gasteiger partial charge in [0.05, 0.1) is 18.2 Å². The van der Waals surface area contributed by atoms with Crippen LogP contribution < -0.4 is 4.74 Å². The molecule has 2 aromatic carbocycles. The molecule has 0 aliphatic rings. The second-order valence-electron chi connectivity index (χ2n) is 4.92. The lowest BCUT2D eigenvalue weighted by Gasteiger charge is -2.08. The average molecular weight is 324 g/mol. The van der Waals surface area contributed by atoms with Gasteiger partial charge in [-0.15, -0.1) is 0 Å². The molecule has 0 radical (unpaired) electrons. The van der Waals surface area contributed by atoms with Gasteiger partial charge in [0.1, 0.15) is 5.75 Å². The minimum Gasteiger partial charge on any atom is -0.465 e. The molecule has 2 rings (SSSR count). The van der Waals surface area contributed by atoms with Crippen molar-refractivity contribution in [2.24, 2.45) is 0 Å². The molecule has 0 aromatic heterocycles. The Morgan fingerprint density at radius 2 is 1.71 bits per heavy atom. The Morgan fingerprint density at radius 3 is 2.33 bits per heavy atom. The summed E-state index contributed by atoms with van der Waals surface area (Å²) in [7, 11) is 1.25. The van der Waals surface area contributed by atoms with Crippen molar-refractivity contribution in [3.8, 4) is 5.75 Å². The molecule has 0 bridgehead atoms. The van der Waals surface area contributed by atoms with Crippen LogP contribution in [0, 0.1) is 0 Å². The van der Waals surface area contributed by atoms with Gasteiger partial charge >= 0.3 is 11.9 Å². The van der Waals surface area contributed by atoms with Gasteiger partial charge in [-0.25, -0.2) is 9.59 Å². The lowest BCUT2D eigenvalue weighted by molar-refractivity contribution is -0.128. The van der Waals surface area contributed by atoms with E-state index in [4.69, 9.17) is 4.74 Å². The molecule has 24 heavy (non-hydrogen) atoms. The monoisotopic (exact) mass is 324 g/mol. The summed E-state index contributed by atoms with van der Waals surface area (Å²) < 4.78 is 9.81. The van der Waals surface area contributed by atoms with Crippen molar-refractivity contribution < 1.29 is 23.9 Å². The number of hydrogen-bond donors (Lipinski definition) is 0. The van der Waals surface area contributed by atoms with Gasteiger partial charge in [-0.1, -0.05) is 30.3 Å². The summed E-state index contributed by atoms with van der Waals surface area (Å²) in [5.41, 5.74) is 1.20. The third kappa shape index (κ3) is 4.39. The van der Waals surface area contributed by atoms with Crippen molar-refractivity contribution in [1.82, 2.24) is 0 Å². The Kier molecular flexibility index (Phi) is 5.63. The second kappa shape index (κ2) is 7.87. The first-order valence-corrected chi connectivity index (χ1v) is 7.19. The molecule has 0 saturated heterocycles. The number of Topliss-reactive ketones (excluding diaryl/α,β-unsaturated/α-hetero) is 1. The molecule has 5 heteroatoms. The van der Waals surface area contributed by atoms with E-state index in [9.17, 15) is 14.4 Å². The predicted octanol–water partition coefficient (Wildman–Crippen LogP) is 3.29. The number of methoxy groups -OCH3 is 1. The molecule has 0 heterocycles. The molecule has 0 spiro atoms. The molecule has 2 aromatic rings. The zero-order chi connectivity index (χ0) is 17.5. The summed E-state index contributed by atoms with van der Waals surface area (Å²) in [6, 6.07) is 13.4. The van der Waals surface area contributed by atoms with Crippen molar-refractivity contribution in [3.63, 3.8) is 0 Å². The molecule has 0 atom stereocenters. The maximum Gasteiger partial charge on any atom is 0.337 e. The molecule has 0 aliphatic carbocycles. The number of hydrogen-bond acceptors (Lipinski definition) is 5. The average Bonchev–Trinajstić information content (AvgIpc) is 2.60. The number of carbonyl (C=O) groups is 3. The highest BCUT2D eigenvalue weighted by atomic mass is 16.5. The number of ether oxygens (including phenoxy) is 2. The van der Waals surface area contributed by atoms with Crippen molar-refractivity contribution in [2.75, 3.05) is 7.11 Å². The third-order valence-electron chi connectivity index (χ3n) is 3.20. The molecular formula is C19H16O5. The molecule has 5 nitrogen and oxygen atoms in total. The quantitative estimate of drug-likeness (QED) is 0.365. The van der Waals surface area contributed by atoms with Crippen molar-refractivity contribution in [1.29, 1.82) is 0 Å². The van der Waals surface area contributed by atoms with E-state index in [2.05, 4.69) is 4.74 Å². The molecule has 0 unspecified atom stereocenters. The normalized spacial score (nSPS) is 10.4. The van der Waals surface area contributed by atoms with Gasteiger partial charge in [0.25, 0.3) is 0 Å². The van der Waals surface area contributed by atoms with Crippen LogP contribution >= 0.6 is 0 Å². The molecule has 0 amide bonds. The number of ketones is 1. The van der Waals surface area contributed by atoms with E-state index in [0.717, 1.165) is 5.56 Å². The van der Waals surface area contributed by atoms with Gasteiger partial charge in [0.15, 0.2) is 5.78 Å². The lowest BCUT2D eigenvalue weighted by Crippen LogP contribution is -2.09. The highest BCUT2D eigenvalue weighted by Crippen LogP contribution is 2.22. The topological polar surface area (TPSA) is 69.7 Å². The summed E-state index contributed by atoms with van der Waals surface area (Å²) in [6.07, 6.45) is 2.88. The molecule has 0 aliphatic heterocycles. The van der Waals surface area contributed by atoms with Gasteiger partial charge in [0.2, 0.25) is 0 Å². The summed E-state index contributed by atoms with van der Waals surface area (Å²) in [6.45, 7) is 1.33. The van der Waals surface area contributed by atoms with Gasteiger partial charge in [-0.3, -0.25) is 4.79 Å². The van der Waals surface area contributed by atoms with E-state index in [-0.39, 0.29) is 22.7 Å². The highest BCUT2D eigenvalue weighted by molar-refractivity contribution is 6.01. The largest absolute Gasteiger partial charge is 0.465 e. The van der Waals surface area contributed by atoms with Crippen molar-refractivity contribution >= 4 is 23.8 Å². The Hall–Kier alpha value is -3.21. The fourth-order valence-electron chi connectivity index (χ4n) is 2.01. The van der Waals surface area contributed by atoms with Gasteiger partial charge in [-0.05, 0) is 36.8 Å². The van der Waals surface area contributed by atoms with Crippen molar-refractivity contribution in [2.45, 2.75) is 6.92 Å². The molecule has 0 fully saturated rings. The van der Waals surface area contributed by atoms with E-state index in [1.165, 1.54) is 38.3 Å². The van der Waals surface area contributed by atoms with Crippen LogP contribution in [0.2, 0.25) is 0 Å². The maximum absolute atomic E-state index is 11.9. The first kappa shape index (κ1) is 17.1. The van der Waals surface area contributed by atoms with Crippen LogP contribution in [0.4, 0.5) is 0 Å². The van der Waals surface area contributed by atoms with Crippen LogP contribution in [-0.4, -0.2) is 24.8 Å². The minimum atomic E-state index is -0.618. The Morgan fingerprint density at radius 1 is 1.00 bits per heavy atom. The SMILES string of the molecule is COC(=O)c1ccc(OC(=O)C=Cc2ccccc2)c(C(C)=O)c1. The lowest BCUT2D eigenvalue weighted by atomic mass is 10.1. The van der Waals surface area contributed by atoms with E-state index < -0.39 is 11.9 Å². The molecule has 0 N–H and O–H groups in total. The zero-order valence-corrected chi connectivity index (χ0v) is 13.3. The second-order valence-corrected chi connectivity index (χ2v) is 4.92. The summed E-state index contributed by atoms with van der Waals surface area (Å²) in [4.78, 5) is 35.2. The smallest absolute Gasteiger partial charge is 0.337 e.